The summed E-state index contributed by atoms with van der Waals surface area (Å²) in [5.41, 5.74) is 0.325. The molecule has 0 bridgehead atoms. The molecule has 2 aromatic carbocycles. The van der Waals surface area contributed by atoms with Gasteiger partial charge in [0, 0.05) is 0 Å². The number of carbonyl (C=O) groups is 1. The van der Waals surface area contributed by atoms with E-state index in [4.69, 9.17) is 14.2 Å². The van der Waals surface area contributed by atoms with Gasteiger partial charge in [-0.15, -0.1) is 0 Å². The number of para-hydroxylation sites is 2. The lowest BCUT2D eigenvalue weighted by atomic mass is 10.2. The van der Waals surface area contributed by atoms with Crippen LogP contribution in [0.5, 0.6) is 17.2 Å². The van der Waals surface area contributed by atoms with Gasteiger partial charge < -0.3 is 14.2 Å². The maximum absolute atomic E-state index is 12.3. The molecule has 2 aromatic rings. The van der Waals surface area contributed by atoms with Gasteiger partial charge in [-0.25, -0.2) is 4.79 Å². The summed E-state index contributed by atoms with van der Waals surface area (Å²) < 4.78 is 16.6. The van der Waals surface area contributed by atoms with Crippen molar-refractivity contribution in [2.75, 3.05) is 14.2 Å². The molecular formula is C15H13IO4. The fourth-order valence-electron chi connectivity index (χ4n) is 1.73. The van der Waals surface area contributed by atoms with Crippen LogP contribution < -0.4 is 14.2 Å². The van der Waals surface area contributed by atoms with Crippen molar-refractivity contribution in [1.29, 1.82) is 0 Å². The number of benzene rings is 2. The number of rotatable bonds is 4. The second kappa shape index (κ2) is 6.60. The summed E-state index contributed by atoms with van der Waals surface area (Å²) in [4.78, 5) is 12.3. The molecule has 5 heteroatoms. The molecule has 0 amide bonds. The van der Waals surface area contributed by atoms with Crippen molar-refractivity contribution >= 4 is 28.6 Å². The highest BCUT2D eigenvalue weighted by atomic mass is 127. The molecule has 0 aliphatic rings. The van der Waals surface area contributed by atoms with E-state index in [0.717, 1.165) is 3.57 Å². The molecule has 0 atom stereocenters. The number of hydrogen-bond donors (Lipinski definition) is 0. The Bertz CT molecular complexity index is 625. The van der Waals surface area contributed by atoms with Crippen molar-refractivity contribution in [3.63, 3.8) is 0 Å². The number of esters is 1. The van der Waals surface area contributed by atoms with Gasteiger partial charge in [-0.1, -0.05) is 18.2 Å². The molecule has 0 N–H and O–H groups in total. The van der Waals surface area contributed by atoms with Crippen molar-refractivity contribution < 1.29 is 19.0 Å². The van der Waals surface area contributed by atoms with Gasteiger partial charge in [0.05, 0.1) is 17.8 Å². The number of halogens is 1. The van der Waals surface area contributed by atoms with Gasteiger partial charge in [0.1, 0.15) is 11.3 Å². The summed E-state index contributed by atoms with van der Waals surface area (Å²) in [6.07, 6.45) is 0. The molecule has 0 radical (unpaired) electrons. The first-order valence-corrected chi connectivity index (χ1v) is 6.93. The predicted octanol–water partition coefficient (Wildman–Crippen LogP) is 3.53. The normalized spacial score (nSPS) is 9.95. The van der Waals surface area contributed by atoms with Crippen LogP contribution in [0.25, 0.3) is 0 Å². The van der Waals surface area contributed by atoms with Gasteiger partial charge in [0.25, 0.3) is 0 Å². The van der Waals surface area contributed by atoms with Gasteiger partial charge >= 0.3 is 5.97 Å². The topological polar surface area (TPSA) is 44.8 Å². The predicted molar refractivity (Wildman–Crippen MR) is 83.7 cm³/mol. The maximum Gasteiger partial charge on any atom is 0.347 e. The molecule has 0 aliphatic carbocycles. The smallest absolute Gasteiger partial charge is 0.347 e. The van der Waals surface area contributed by atoms with Crippen LogP contribution in [0.4, 0.5) is 0 Å². The third-order valence-electron chi connectivity index (χ3n) is 2.66. The molecule has 0 unspecified atom stereocenters. The highest BCUT2D eigenvalue weighted by molar-refractivity contribution is 14.1. The van der Waals surface area contributed by atoms with E-state index in [1.54, 1.807) is 24.3 Å². The SMILES string of the molecule is COc1cccc(C(=O)Oc2ccccc2I)c1OC. The third-order valence-corrected chi connectivity index (χ3v) is 3.55. The van der Waals surface area contributed by atoms with Crippen molar-refractivity contribution in [3.8, 4) is 17.2 Å². The zero-order valence-electron chi connectivity index (χ0n) is 11.1. The molecule has 0 saturated heterocycles. The Morgan fingerprint density at radius 2 is 1.65 bits per heavy atom. The Hall–Kier alpha value is -1.76. The second-order valence-corrected chi connectivity index (χ2v) is 5.02. The minimum Gasteiger partial charge on any atom is -0.493 e. The first-order chi connectivity index (χ1) is 9.67. The lowest BCUT2D eigenvalue weighted by Crippen LogP contribution is -2.11. The highest BCUT2D eigenvalue weighted by Gasteiger charge is 2.18. The summed E-state index contributed by atoms with van der Waals surface area (Å²) in [5.74, 6) is 0.892. The molecule has 4 nitrogen and oxygen atoms in total. The zero-order valence-corrected chi connectivity index (χ0v) is 13.2. The molecular weight excluding hydrogens is 371 g/mol. The molecule has 0 spiro atoms. The quantitative estimate of drug-likeness (QED) is 0.460. The first kappa shape index (κ1) is 14.6. The number of ether oxygens (including phenoxy) is 3. The molecule has 0 saturated carbocycles. The number of carbonyl (C=O) groups excluding carboxylic acids is 1. The Kier molecular flexibility index (Phi) is 4.84. The first-order valence-electron chi connectivity index (χ1n) is 5.85. The minimum absolute atomic E-state index is 0.325. The fourth-order valence-corrected chi connectivity index (χ4v) is 2.23. The van der Waals surface area contributed by atoms with Gasteiger partial charge in [-0.2, -0.15) is 0 Å². The van der Waals surface area contributed by atoms with Gasteiger partial charge in [0.2, 0.25) is 0 Å². The van der Waals surface area contributed by atoms with E-state index in [0.29, 0.717) is 22.8 Å². The van der Waals surface area contributed by atoms with Gasteiger partial charge in [-0.3, -0.25) is 0 Å². The highest BCUT2D eigenvalue weighted by Crippen LogP contribution is 2.31. The molecule has 0 aromatic heterocycles. The molecule has 104 valence electrons. The van der Waals surface area contributed by atoms with E-state index in [1.165, 1.54) is 14.2 Å². The monoisotopic (exact) mass is 384 g/mol. The van der Waals surface area contributed by atoms with Gasteiger partial charge in [-0.05, 0) is 46.9 Å². The van der Waals surface area contributed by atoms with E-state index in [-0.39, 0.29) is 0 Å². The maximum atomic E-state index is 12.3. The summed E-state index contributed by atoms with van der Waals surface area (Å²) in [5, 5.41) is 0. The average molecular weight is 384 g/mol. The lowest BCUT2D eigenvalue weighted by Gasteiger charge is -2.12. The van der Waals surface area contributed by atoms with E-state index in [9.17, 15) is 4.79 Å². The van der Waals surface area contributed by atoms with E-state index in [1.807, 2.05) is 18.2 Å². The standard InChI is InChI=1S/C15H13IO4/c1-18-13-9-5-6-10(14(13)19-2)15(17)20-12-8-4-3-7-11(12)16/h3-9H,1-2H3. The van der Waals surface area contributed by atoms with E-state index < -0.39 is 5.97 Å². The van der Waals surface area contributed by atoms with Crippen molar-refractivity contribution in [3.05, 3.63) is 51.6 Å². The summed E-state index contributed by atoms with van der Waals surface area (Å²) in [7, 11) is 3.01. The summed E-state index contributed by atoms with van der Waals surface area (Å²) in [6.45, 7) is 0. The fraction of sp³-hybridized carbons (Fsp3) is 0.133. The zero-order chi connectivity index (χ0) is 14.5. The summed E-state index contributed by atoms with van der Waals surface area (Å²) in [6, 6.07) is 12.4. The number of methoxy groups -OCH3 is 2. The molecule has 0 fully saturated rings. The Morgan fingerprint density at radius 1 is 0.950 bits per heavy atom. The third kappa shape index (κ3) is 3.04. The van der Waals surface area contributed by atoms with Crippen LogP contribution in [-0.2, 0) is 0 Å². The van der Waals surface area contributed by atoms with E-state index in [2.05, 4.69) is 22.6 Å². The van der Waals surface area contributed by atoms with Crippen LogP contribution in [0.2, 0.25) is 0 Å². The van der Waals surface area contributed by atoms with Crippen LogP contribution in [0.1, 0.15) is 10.4 Å². The van der Waals surface area contributed by atoms with Crippen LogP contribution in [0.15, 0.2) is 42.5 Å². The van der Waals surface area contributed by atoms with Crippen molar-refractivity contribution in [2.24, 2.45) is 0 Å². The van der Waals surface area contributed by atoms with Gasteiger partial charge in [0.15, 0.2) is 11.5 Å². The lowest BCUT2D eigenvalue weighted by molar-refractivity contribution is 0.0729. The molecule has 0 heterocycles. The van der Waals surface area contributed by atoms with Crippen LogP contribution >= 0.6 is 22.6 Å². The Morgan fingerprint density at radius 3 is 2.30 bits per heavy atom. The Labute approximate surface area is 130 Å². The van der Waals surface area contributed by atoms with Crippen LogP contribution in [0, 0.1) is 3.57 Å². The average Bonchev–Trinajstić information content (AvgIpc) is 2.48. The van der Waals surface area contributed by atoms with Crippen LogP contribution in [0.3, 0.4) is 0 Å². The number of hydrogen-bond acceptors (Lipinski definition) is 4. The van der Waals surface area contributed by atoms with Crippen molar-refractivity contribution in [2.45, 2.75) is 0 Å². The molecule has 20 heavy (non-hydrogen) atoms. The van der Waals surface area contributed by atoms with Crippen molar-refractivity contribution in [1.82, 2.24) is 0 Å². The van der Waals surface area contributed by atoms with Crippen LogP contribution in [-0.4, -0.2) is 20.2 Å². The molecule has 2 rings (SSSR count). The minimum atomic E-state index is -0.482. The Balaban J connectivity index is 2.32. The largest absolute Gasteiger partial charge is 0.493 e. The molecule has 0 aliphatic heterocycles. The van der Waals surface area contributed by atoms with E-state index >= 15 is 0 Å². The summed E-state index contributed by atoms with van der Waals surface area (Å²) >= 11 is 2.11. The second-order valence-electron chi connectivity index (χ2n) is 3.86.